The van der Waals surface area contributed by atoms with Crippen LogP contribution in [-0.4, -0.2) is 23.7 Å². The fraction of sp³-hybridized carbons (Fsp3) is 0.185. The Morgan fingerprint density at radius 2 is 1.69 bits per heavy atom. The number of ether oxygens (including phenoxy) is 2. The topological polar surface area (TPSA) is 47.5 Å². The van der Waals surface area contributed by atoms with Crippen LogP contribution in [-0.2, 0) is 13.0 Å². The van der Waals surface area contributed by atoms with E-state index in [1.165, 1.54) is 0 Å². The zero-order valence-corrected chi connectivity index (χ0v) is 18.2. The summed E-state index contributed by atoms with van der Waals surface area (Å²) in [5.41, 5.74) is 4.33. The van der Waals surface area contributed by atoms with Crippen LogP contribution in [0.5, 0.6) is 11.5 Å². The summed E-state index contributed by atoms with van der Waals surface area (Å²) >= 11 is 0. The van der Waals surface area contributed by atoms with Gasteiger partial charge in [-0.3, -0.25) is 9.97 Å². The van der Waals surface area contributed by atoms with Crippen molar-refractivity contribution >= 4 is 11.4 Å². The molecule has 5 nitrogen and oxygen atoms in total. The molecule has 162 valence electrons. The van der Waals surface area contributed by atoms with Crippen LogP contribution >= 0.6 is 0 Å². The molecule has 0 unspecified atom stereocenters. The van der Waals surface area contributed by atoms with Gasteiger partial charge in [-0.1, -0.05) is 30.3 Å². The Hall–Kier alpha value is -3.86. The average Bonchev–Trinajstić information content (AvgIpc) is 2.87. The van der Waals surface area contributed by atoms with Crippen LogP contribution in [0.2, 0.25) is 0 Å². The fourth-order valence-electron chi connectivity index (χ4n) is 3.54. The summed E-state index contributed by atoms with van der Waals surface area (Å²) in [4.78, 5) is 10.9. The second-order valence-corrected chi connectivity index (χ2v) is 7.39. The first kappa shape index (κ1) is 21.4. The van der Waals surface area contributed by atoms with E-state index >= 15 is 0 Å². The normalized spacial score (nSPS) is 10.5. The third-order valence-electron chi connectivity index (χ3n) is 5.15. The zero-order valence-electron chi connectivity index (χ0n) is 18.2. The van der Waals surface area contributed by atoms with Crippen molar-refractivity contribution in [1.82, 2.24) is 9.97 Å². The molecule has 0 aliphatic carbocycles. The van der Waals surface area contributed by atoms with Crippen molar-refractivity contribution in [1.29, 1.82) is 0 Å². The maximum atomic E-state index is 6.13. The second-order valence-electron chi connectivity index (χ2n) is 7.39. The molecular formula is C27H27N3O2. The SMILES string of the molecule is COc1ccc(N(Cc2cccnc2)c2ccccc2)cc1OCCCc1ccccn1. The maximum Gasteiger partial charge on any atom is 0.163 e. The number of nitrogens with zero attached hydrogens (tertiary/aromatic N) is 3. The van der Waals surface area contributed by atoms with Gasteiger partial charge in [0.05, 0.1) is 13.7 Å². The molecule has 4 rings (SSSR count). The van der Waals surface area contributed by atoms with Gasteiger partial charge in [0.25, 0.3) is 0 Å². The number of aromatic nitrogens is 2. The van der Waals surface area contributed by atoms with Crippen molar-refractivity contribution in [3.63, 3.8) is 0 Å². The quantitative estimate of drug-likeness (QED) is 0.299. The van der Waals surface area contributed by atoms with Crippen LogP contribution < -0.4 is 14.4 Å². The number of hydrogen-bond donors (Lipinski definition) is 0. The van der Waals surface area contributed by atoms with Crippen molar-refractivity contribution in [2.45, 2.75) is 19.4 Å². The summed E-state index contributed by atoms with van der Waals surface area (Å²) in [7, 11) is 1.67. The highest BCUT2D eigenvalue weighted by Gasteiger charge is 2.14. The number of benzene rings is 2. The predicted molar refractivity (Wildman–Crippen MR) is 128 cm³/mol. The number of anilines is 2. The Balaban J connectivity index is 1.53. The summed E-state index contributed by atoms with van der Waals surface area (Å²) in [5.74, 6) is 1.46. The van der Waals surface area contributed by atoms with E-state index in [9.17, 15) is 0 Å². The molecule has 0 atom stereocenters. The third kappa shape index (κ3) is 5.64. The minimum atomic E-state index is 0.588. The lowest BCUT2D eigenvalue weighted by atomic mass is 10.2. The van der Waals surface area contributed by atoms with Gasteiger partial charge in [0.15, 0.2) is 11.5 Å². The van der Waals surface area contributed by atoms with Gasteiger partial charge in [-0.15, -0.1) is 0 Å². The molecule has 0 spiro atoms. The van der Waals surface area contributed by atoms with Gasteiger partial charge in [0.1, 0.15) is 0 Å². The fourth-order valence-corrected chi connectivity index (χ4v) is 3.54. The van der Waals surface area contributed by atoms with Gasteiger partial charge in [0, 0.05) is 48.3 Å². The molecule has 0 fully saturated rings. The predicted octanol–water partition coefficient (Wildman–Crippen LogP) is 5.84. The molecule has 2 aromatic heterocycles. The third-order valence-corrected chi connectivity index (χ3v) is 5.15. The van der Waals surface area contributed by atoms with Gasteiger partial charge in [-0.25, -0.2) is 0 Å². The largest absolute Gasteiger partial charge is 0.493 e. The molecule has 0 bridgehead atoms. The Morgan fingerprint density at radius 3 is 2.44 bits per heavy atom. The highest BCUT2D eigenvalue weighted by molar-refractivity contribution is 5.66. The highest BCUT2D eigenvalue weighted by atomic mass is 16.5. The van der Waals surface area contributed by atoms with Gasteiger partial charge in [-0.2, -0.15) is 0 Å². The van der Waals surface area contributed by atoms with Crippen molar-refractivity contribution in [2.75, 3.05) is 18.6 Å². The number of pyridine rings is 2. The summed E-state index contributed by atoms with van der Waals surface area (Å²) in [6.45, 7) is 1.29. The molecule has 2 aromatic carbocycles. The van der Waals surface area contributed by atoms with Crippen LogP contribution in [0, 0.1) is 0 Å². The zero-order chi connectivity index (χ0) is 22.0. The molecule has 0 N–H and O–H groups in total. The van der Waals surface area contributed by atoms with E-state index in [2.05, 4.69) is 39.1 Å². The first-order chi connectivity index (χ1) is 15.8. The molecule has 0 amide bonds. The van der Waals surface area contributed by atoms with E-state index in [-0.39, 0.29) is 0 Å². The first-order valence-electron chi connectivity index (χ1n) is 10.8. The number of para-hydroxylation sites is 1. The molecule has 0 saturated heterocycles. The van der Waals surface area contributed by atoms with Gasteiger partial charge >= 0.3 is 0 Å². The standard InChI is InChI=1S/C27H27N3O2/c1-31-26-15-14-25(19-27(26)32-18-8-11-23-10-5-6-17-29-23)30(24-12-3-2-4-13-24)21-22-9-7-16-28-20-22/h2-7,9-10,12-17,19-20H,8,11,18,21H2,1H3. The van der Waals surface area contributed by atoms with E-state index in [0.717, 1.165) is 47.0 Å². The Kier molecular flexibility index (Phi) is 7.32. The van der Waals surface area contributed by atoms with Crippen LogP contribution in [0.1, 0.15) is 17.7 Å². The maximum absolute atomic E-state index is 6.13. The van der Waals surface area contributed by atoms with E-state index in [1.807, 2.05) is 67.0 Å². The highest BCUT2D eigenvalue weighted by Crippen LogP contribution is 2.35. The Labute approximate surface area is 189 Å². The summed E-state index contributed by atoms with van der Waals surface area (Å²) < 4.78 is 11.7. The van der Waals surface area contributed by atoms with Crippen molar-refractivity contribution in [3.05, 3.63) is 109 Å². The van der Waals surface area contributed by atoms with Crippen LogP contribution in [0.25, 0.3) is 0 Å². The van der Waals surface area contributed by atoms with Crippen molar-refractivity contribution in [2.24, 2.45) is 0 Å². The molecule has 4 aromatic rings. The number of aryl methyl sites for hydroxylation is 1. The molecule has 0 aliphatic heterocycles. The van der Waals surface area contributed by atoms with Crippen molar-refractivity contribution < 1.29 is 9.47 Å². The lowest BCUT2D eigenvalue weighted by molar-refractivity contribution is 0.289. The first-order valence-corrected chi connectivity index (χ1v) is 10.8. The summed E-state index contributed by atoms with van der Waals surface area (Å²) in [6.07, 6.45) is 7.26. The Bertz CT molecular complexity index is 1090. The molecule has 0 aliphatic rings. The minimum absolute atomic E-state index is 0.588. The molecule has 32 heavy (non-hydrogen) atoms. The van der Waals surface area contributed by atoms with Crippen molar-refractivity contribution in [3.8, 4) is 11.5 Å². The van der Waals surface area contributed by atoms with Crippen LogP contribution in [0.4, 0.5) is 11.4 Å². The van der Waals surface area contributed by atoms with E-state index < -0.39 is 0 Å². The van der Waals surface area contributed by atoms with Gasteiger partial charge in [-0.05, 0) is 60.9 Å². The summed E-state index contributed by atoms with van der Waals surface area (Å²) in [6, 6.07) is 26.4. The molecule has 0 radical (unpaired) electrons. The van der Waals surface area contributed by atoms with E-state index in [4.69, 9.17) is 9.47 Å². The Morgan fingerprint density at radius 1 is 0.812 bits per heavy atom. The summed E-state index contributed by atoms with van der Waals surface area (Å²) in [5, 5.41) is 0. The molecule has 5 heteroatoms. The van der Waals surface area contributed by atoms with Gasteiger partial charge < -0.3 is 14.4 Å². The second kappa shape index (κ2) is 11.0. The molecular weight excluding hydrogens is 398 g/mol. The van der Waals surface area contributed by atoms with Crippen LogP contribution in [0.3, 0.4) is 0 Å². The lowest BCUT2D eigenvalue weighted by Crippen LogP contribution is -2.16. The number of hydrogen-bond acceptors (Lipinski definition) is 5. The van der Waals surface area contributed by atoms with Gasteiger partial charge in [0.2, 0.25) is 0 Å². The number of rotatable bonds is 10. The van der Waals surface area contributed by atoms with Crippen LogP contribution in [0.15, 0.2) is 97.5 Å². The monoisotopic (exact) mass is 425 g/mol. The number of methoxy groups -OCH3 is 1. The molecule has 2 heterocycles. The smallest absolute Gasteiger partial charge is 0.163 e. The average molecular weight is 426 g/mol. The molecule has 0 saturated carbocycles. The minimum Gasteiger partial charge on any atom is -0.493 e. The lowest BCUT2D eigenvalue weighted by Gasteiger charge is -2.26. The van der Waals surface area contributed by atoms with E-state index in [1.54, 1.807) is 13.3 Å². The van der Waals surface area contributed by atoms with E-state index in [0.29, 0.717) is 13.2 Å².